The number of nitrogens with zero attached hydrogens (tertiary/aromatic N) is 5. The van der Waals surface area contributed by atoms with E-state index in [1.54, 1.807) is 44.5 Å². The van der Waals surface area contributed by atoms with Gasteiger partial charge < -0.3 is 39.0 Å². The van der Waals surface area contributed by atoms with Crippen LogP contribution in [0.4, 0.5) is 4.79 Å². The van der Waals surface area contributed by atoms with Crippen molar-refractivity contribution in [3.63, 3.8) is 0 Å². The molecule has 0 unspecified atom stereocenters. The molecule has 338 valence electrons. The molecule has 0 spiro atoms. The summed E-state index contributed by atoms with van der Waals surface area (Å²) < 4.78 is 19.6. The summed E-state index contributed by atoms with van der Waals surface area (Å²) >= 11 is 0. The molecule has 2 fully saturated rings. The fourth-order valence-corrected chi connectivity index (χ4v) is 9.33. The van der Waals surface area contributed by atoms with Gasteiger partial charge in [0.05, 0.1) is 43.3 Å². The molecule has 2 saturated heterocycles. The van der Waals surface area contributed by atoms with Crippen LogP contribution in [0.2, 0.25) is 0 Å². The summed E-state index contributed by atoms with van der Waals surface area (Å²) in [7, 11) is 4.87. The number of carbonyl (C=O) groups is 4. The molecule has 5 heterocycles. The Labute approximate surface area is 370 Å². The minimum Gasteiger partial charge on any atom is -0.508 e. The van der Waals surface area contributed by atoms with E-state index in [-0.39, 0.29) is 42.9 Å². The molecule has 0 aliphatic carbocycles. The molecule has 7 rings (SSSR count). The van der Waals surface area contributed by atoms with Crippen molar-refractivity contribution in [1.29, 1.82) is 0 Å². The molecule has 2 aromatic heterocycles. The zero-order chi connectivity index (χ0) is 45.3. The van der Waals surface area contributed by atoms with Gasteiger partial charge in [-0.25, -0.2) is 10.2 Å². The van der Waals surface area contributed by atoms with Crippen LogP contribution in [-0.4, -0.2) is 125 Å². The number of benzene rings is 2. The van der Waals surface area contributed by atoms with Crippen molar-refractivity contribution in [1.82, 2.24) is 35.1 Å². The number of fused-ring (bicyclic) bond motifs is 6. The van der Waals surface area contributed by atoms with Gasteiger partial charge in [-0.2, -0.15) is 0 Å². The van der Waals surface area contributed by atoms with Gasteiger partial charge in [-0.1, -0.05) is 39.8 Å². The summed E-state index contributed by atoms with van der Waals surface area (Å²) in [6, 6.07) is 12.4. The van der Waals surface area contributed by atoms with Gasteiger partial charge in [0, 0.05) is 68.9 Å². The van der Waals surface area contributed by atoms with Crippen LogP contribution in [0, 0.1) is 11.3 Å². The number of rotatable bonds is 9. The number of likely N-dealkylation sites (tertiary alicyclic amines) is 1. The number of aromatic hydroxyl groups is 1. The molecule has 15 nitrogen and oxygen atoms in total. The fraction of sp³-hybridized carbons (Fsp3) is 0.521. The number of phenols is 1. The summed E-state index contributed by atoms with van der Waals surface area (Å²) in [5, 5.41) is 16.7. The zero-order valence-corrected chi connectivity index (χ0v) is 38.1. The number of nitrogens with one attached hydrogen (secondary N) is 2. The van der Waals surface area contributed by atoms with E-state index in [9.17, 15) is 24.3 Å². The van der Waals surface area contributed by atoms with E-state index in [1.807, 2.05) is 39.0 Å². The van der Waals surface area contributed by atoms with Crippen LogP contribution in [0.25, 0.3) is 33.3 Å². The Morgan fingerprint density at radius 2 is 1.84 bits per heavy atom. The van der Waals surface area contributed by atoms with Crippen molar-refractivity contribution in [2.24, 2.45) is 11.3 Å². The number of likely N-dealkylation sites (N-methyl/N-ethyl adjacent to an activating group) is 1. The molecule has 0 saturated carbocycles. The second kappa shape index (κ2) is 18.7. The van der Waals surface area contributed by atoms with Gasteiger partial charge in [-0.05, 0) is 97.7 Å². The third-order valence-electron chi connectivity index (χ3n) is 12.8. The summed E-state index contributed by atoms with van der Waals surface area (Å²) in [5.74, 6) is -1.71. The van der Waals surface area contributed by atoms with E-state index in [0.29, 0.717) is 51.0 Å². The Balaban J connectivity index is 1.33. The highest BCUT2D eigenvalue weighted by Crippen LogP contribution is 2.42. The first-order chi connectivity index (χ1) is 30.0. The Hall–Kier alpha value is -5.51. The minimum atomic E-state index is -1.13. The number of esters is 1. The van der Waals surface area contributed by atoms with E-state index < -0.39 is 41.3 Å². The normalized spacial score (nSPS) is 20.5. The van der Waals surface area contributed by atoms with Crippen molar-refractivity contribution in [3.05, 3.63) is 71.5 Å². The molecule has 0 radical (unpaired) electrons. The highest BCUT2D eigenvalue weighted by Gasteiger charge is 2.40. The van der Waals surface area contributed by atoms with Crippen molar-refractivity contribution in [2.75, 3.05) is 47.5 Å². The lowest BCUT2D eigenvalue weighted by molar-refractivity contribution is -0.155. The summed E-state index contributed by atoms with van der Waals surface area (Å²) in [4.78, 5) is 64.2. The van der Waals surface area contributed by atoms with Gasteiger partial charge in [0.15, 0.2) is 0 Å². The first-order valence-electron chi connectivity index (χ1n) is 22.1. The summed E-state index contributed by atoms with van der Waals surface area (Å²) in [6.45, 7) is 13.9. The number of hydrogen-bond donors (Lipinski definition) is 3. The number of hydrogen-bond acceptors (Lipinski definition) is 10. The lowest BCUT2D eigenvalue weighted by atomic mass is 9.84. The quantitative estimate of drug-likeness (QED) is 0.174. The van der Waals surface area contributed by atoms with E-state index >= 15 is 0 Å². The lowest BCUT2D eigenvalue weighted by Gasteiger charge is -2.42. The molecule has 3 N–H and O–H groups in total. The van der Waals surface area contributed by atoms with E-state index in [4.69, 9.17) is 19.2 Å². The van der Waals surface area contributed by atoms with Crippen molar-refractivity contribution in [2.45, 2.75) is 104 Å². The average molecular weight is 866 g/mol. The molecule has 3 aliphatic heterocycles. The van der Waals surface area contributed by atoms with Gasteiger partial charge in [-0.3, -0.25) is 24.4 Å². The topological polar surface area (TPSA) is 168 Å². The first-order valence-corrected chi connectivity index (χ1v) is 22.1. The number of amides is 4. The fourth-order valence-electron chi connectivity index (χ4n) is 9.33. The van der Waals surface area contributed by atoms with Crippen LogP contribution in [0.1, 0.15) is 77.3 Å². The van der Waals surface area contributed by atoms with Crippen molar-refractivity contribution in [3.8, 4) is 28.1 Å². The van der Waals surface area contributed by atoms with E-state index in [1.165, 1.54) is 9.91 Å². The van der Waals surface area contributed by atoms with Gasteiger partial charge in [-0.15, -0.1) is 0 Å². The molecule has 4 amide bonds. The number of aryl methyl sites for hydroxylation is 1. The van der Waals surface area contributed by atoms with Crippen LogP contribution in [0.5, 0.6) is 5.75 Å². The number of carbonyl (C=O) groups excluding carboxylic acids is 4. The average Bonchev–Trinajstić information content (AvgIpc) is 3.55. The molecular weight excluding hydrogens is 803 g/mol. The largest absolute Gasteiger partial charge is 0.508 e. The second-order valence-electron chi connectivity index (χ2n) is 18.4. The number of hydrazine groups is 1. The van der Waals surface area contributed by atoms with E-state index in [0.717, 1.165) is 44.5 Å². The summed E-state index contributed by atoms with van der Waals surface area (Å²) in [6.07, 6.45) is 3.00. The molecule has 3 aliphatic rings. The Kier molecular flexibility index (Phi) is 13.5. The second-order valence-corrected chi connectivity index (χ2v) is 18.4. The van der Waals surface area contributed by atoms with Gasteiger partial charge in [0.2, 0.25) is 5.91 Å². The van der Waals surface area contributed by atoms with Crippen molar-refractivity contribution < 1.29 is 38.5 Å². The Bertz CT molecular complexity index is 2350. The molecule has 15 heteroatoms. The van der Waals surface area contributed by atoms with Gasteiger partial charge in [0.25, 0.3) is 5.91 Å². The van der Waals surface area contributed by atoms with Crippen LogP contribution < -0.4 is 10.7 Å². The number of urea groups is 1. The van der Waals surface area contributed by atoms with Gasteiger partial charge >= 0.3 is 12.0 Å². The number of cyclic esters (lactones) is 1. The molecule has 63 heavy (non-hydrogen) atoms. The number of pyridine rings is 1. The van der Waals surface area contributed by atoms with Crippen molar-refractivity contribution >= 4 is 34.7 Å². The summed E-state index contributed by atoms with van der Waals surface area (Å²) in [5.41, 5.74) is 9.65. The third kappa shape index (κ3) is 9.41. The molecule has 6 bridgehead atoms. The molecule has 4 aromatic rings. The van der Waals surface area contributed by atoms with Crippen LogP contribution in [-0.2, 0) is 48.0 Å². The SMILES string of the molecule is CCn1c(-c2cccnc2[C@H](C)OC)c2c3cc(ccc31)-c1cc(O)cc(c1)C[C@H](NC(=O)[C@H](C(C)C)N(C)C(=O)N1CC(OC)C1)C(=O)N1CCC[C@H](N1)C(=O)OCC(C)(C)C2. The monoisotopic (exact) mass is 865 g/mol. The maximum Gasteiger partial charge on any atom is 0.324 e. The Morgan fingerprint density at radius 1 is 1.08 bits per heavy atom. The number of ether oxygens (including phenoxy) is 3. The van der Waals surface area contributed by atoms with E-state index in [2.05, 4.69) is 54.3 Å². The third-order valence-corrected chi connectivity index (χ3v) is 12.8. The number of methoxy groups -OCH3 is 2. The molecule has 4 atom stereocenters. The maximum absolute atomic E-state index is 14.6. The van der Waals surface area contributed by atoms with Crippen LogP contribution in [0.3, 0.4) is 0 Å². The highest BCUT2D eigenvalue weighted by molar-refractivity contribution is 5.96. The highest BCUT2D eigenvalue weighted by atomic mass is 16.5. The standard InChI is InChI=1S/C48H63N7O8/c1-10-54-40-16-15-31-23-36(40)37(43(54)35-13-11-17-49-41(35)29(4)61-8)24-48(5,6)27-63-46(59)38-14-12-18-55(51-38)45(58)39(21-30-19-32(31)22-33(56)20-30)50-44(57)42(28(2)3)52(7)47(60)53-25-34(26-53)62-9/h11,13,15-17,19-20,22-23,28-29,34,38-39,42,51,56H,10,12,14,18,21,24-27H2,1-9H3,(H,50,57)/t29-,38-,39-,42-/m0/s1. The Morgan fingerprint density at radius 3 is 2.54 bits per heavy atom. The maximum atomic E-state index is 14.6. The predicted octanol–water partition coefficient (Wildman–Crippen LogP) is 5.86. The zero-order valence-electron chi connectivity index (χ0n) is 38.1. The number of aromatic nitrogens is 2. The van der Waals surface area contributed by atoms with Crippen LogP contribution in [0.15, 0.2) is 54.7 Å². The molecule has 2 aromatic carbocycles. The molecular formula is C48H63N7O8. The smallest absolute Gasteiger partial charge is 0.324 e. The first kappa shape index (κ1) is 45.5. The minimum absolute atomic E-state index is 0.00413. The number of phenolic OH excluding ortho intramolecular Hbond substituents is 1. The predicted molar refractivity (Wildman–Crippen MR) is 239 cm³/mol. The lowest BCUT2D eigenvalue weighted by Crippen LogP contribution is -2.64. The van der Waals surface area contributed by atoms with Gasteiger partial charge in [0.1, 0.15) is 23.9 Å². The van der Waals surface area contributed by atoms with Crippen LogP contribution >= 0.6 is 0 Å².